The Hall–Kier alpha value is -2.40. The molecule has 0 spiro atoms. The molecule has 0 unspecified atom stereocenters. The van der Waals surface area contributed by atoms with E-state index in [0.717, 1.165) is 38.1 Å². The van der Waals surface area contributed by atoms with Crippen LogP contribution in [0.4, 0.5) is 0 Å². The first kappa shape index (κ1) is 31.8. The fourth-order valence-electron chi connectivity index (χ4n) is 4.41. The fraction of sp³-hybridized carbons (Fsp3) is 0.576. The second kappa shape index (κ2) is 15.3. The number of carbonyl (C=O) groups excluding carboxylic acids is 2. The summed E-state index contributed by atoms with van der Waals surface area (Å²) in [5, 5.41) is 0. The third kappa shape index (κ3) is 12.9. The van der Waals surface area contributed by atoms with Crippen LogP contribution in [-0.4, -0.2) is 32.2 Å². The average Bonchev–Trinajstić information content (AvgIpc) is 2.83. The van der Waals surface area contributed by atoms with Gasteiger partial charge in [-0.2, -0.15) is 0 Å². The van der Waals surface area contributed by atoms with Crippen molar-refractivity contribution < 1.29 is 19.1 Å². The summed E-state index contributed by atoms with van der Waals surface area (Å²) in [7, 11) is -1.31. The lowest BCUT2D eigenvalue weighted by Crippen LogP contribution is -2.32. The van der Waals surface area contributed by atoms with Crippen LogP contribution in [0.5, 0.6) is 0 Å². The van der Waals surface area contributed by atoms with E-state index in [-0.39, 0.29) is 23.8 Å². The Labute approximate surface area is 232 Å². The molecule has 0 aliphatic heterocycles. The van der Waals surface area contributed by atoms with E-state index in [9.17, 15) is 9.59 Å². The zero-order chi connectivity index (χ0) is 28.2. The van der Waals surface area contributed by atoms with Crippen LogP contribution in [0.25, 0.3) is 0 Å². The average molecular weight is 539 g/mol. The Balaban J connectivity index is 2.10. The minimum atomic E-state index is -1.31. The van der Waals surface area contributed by atoms with Crippen molar-refractivity contribution in [1.29, 1.82) is 0 Å². The number of hydrogen-bond acceptors (Lipinski definition) is 4. The predicted octanol–water partition coefficient (Wildman–Crippen LogP) is 8.25. The highest BCUT2D eigenvalue weighted by molar-refractivity contribution is 6.76. The van der Waals surface area contributed by atoms with Crippen molar-refractivity contribution >= 4 is 20.0 Å². The topological polar surface area (TPSA) is 52.6 Å². The molecule has 0 saturated heterocycles. The van der Waals surface area contributed by atoms with Crippen LogP contribution in [0.1, 0.15) is 76.5 Å². The van der Waals surface area contributed by atoms with Gasteiger partial charge < -0.3 is 9.47 Å². The smallest absolute Gasteiger partial charge is 0.309 e. The standard InChI is InChI=1S/C33H50O4Si/c1-8-9-15-29(32(35)37-33(2,3)4)25-30(31(34)36-22-23-38(5,6)7)21-20-26-16-18-28(19-17-26)24-27-13-11-10-12-14-27/h10-14,16-19,29-30H,8-9,15,20-25H2,1-7H3/t29-,30-/m0/s1. The van der Waals surface area contributed by atoms with Gasteiger partial charge in [0.2, 0.25) is 0 Å². The Morgan fingerprint density at radius 3 is 1.97 bits per heavy atom. The first-order chi connectivity index (χ1) is 17.9. The second-order valence-corrected chi connectivity index (χ2v) is 18.4. The zero-order valence-electron chi connectivity index (χ0n) is 24.8. The highest BCUT2D eigenvalue weighted by Gasteiger charge is 2.31. The number of ether oxygens (including phenoxy) is 2. The SMILES string of the molecule is CCCC[C@@H](C[C@H](CCc1ccc(Cc2ccccc2)cc1)C(=O)OCC[Si](C)(C)C)C(=O)OC(C)(C)C. The van der Waals surface area contributed by atoms with Crippen molar-refractivity contribution in [3.05, 3.63) is 71.3 Å². The molecule has 5 heteroatoms. The highest BCUT2D eigenvalue weighted by Crippen LogP contribution is 2.27. The summed E-state index contributed by atoms with van der Waals surface area (Å²) in [6, 6.07) is 20.1. The molecule has 0 saturated carbocycles. The van der Waals surface area contributed by atoms with Crippen LogP contribution in [0.2, 0.25) is 25.7 Å². The molecular weight excluding hydrogens is 488 g/mol. The van der Waals surface area contributed by atoms with E-state index >= 15 is 0 Å². The zero-order valence-corrected chi connectivity index (χ0v) is 25.8. The summed E-state index contributed by atoms with van der Waals surface area (Å²) in [5.74, 6) is -0.989. The summed E-state index contributed by atoms with van der Waals surface area (Å²) in [6.45, 7) is 15.1. The minimum Gasteiger partial charge on any atom is -0.466 e. The maximum absolute atomic E-state index is 13.3. The van der Waals surface area contributed by atoms with Gasteiger partial charge in [-0.05, 0) is 75.6 Å². The third-order valence-electron chi connectivity index (χ3n) is 6.70. The van der Waals surface area contributed by atoms with Crippen molar-refractivity contribution in [1.82, 2.24) is 0 Å². The Morgan fingerprint density at radius 2 is 1.39 bits per heavy atom. The molecule has 0 aromatic heterocycles. The summed E-state index contributed by atoms with van der Waals surface area (Å²) < 4.78 is 11.5. The quantitative estimate of drug-likeness (QED) is 0.169. The fourth-order valence-corrected chi connectivity index (χ4v) is 5.13. The Kier molecular flexibility index (Phi) is 12.8. The molecule has 0 aliphatic carbocycles. The van der Waals surface area contributed by atoms with Gasteiger partial charge in [-0.1, -0.05) is 94.0 Å². The van der Waals surface area contributed by atoms with Gasteiger partial charge in [-0.15, -0.1) is 0 Å². The van der Waals surface area contributed by atoms with Crippen molar-refractivity contribution in [2.24, 2.45) is 11.8 Å². The second-order valence-electron chi connectivity index (χ2n) is 12.8. The number of hydrogen-bond donors (Lipinski definition) is 0. The first-order valence-corrected chi connectivity index (χ1v) is 18.1. The summed E-state index contributed by atoms with van der Waals surface area (Å²) in [5.41, 5.74) is 3.22. The molecule has 2 aromatic rings. The molecule has 0 fully saturated rings. The Morgan fingerprint density at radius 1 is 0.816 bits per heavy atom. The number of unbranched alkanes of at least 4 members (excludes halogenated alkanes) is 1. The molecular formula is C33H50O4Si. The Bertz CT molecular complexity index is 971. The van der Waals surface area contributed by atoms with Crippen LogP contribution in [0.15, 0.2) is 54.6 Å². The number of carbonyl (C=O) groups is 2. The van der Waals surface area contributed by atoms with Gasteiger partial charge in [0.05, 0.1) is 18.4 Å². The van der Waals surface area contributed by atoms with Gasteiger partial charge in [-0.25, -0.2) is 0 Å². The molecule has 0 radical (unpaired) electrons. The van der Waals surface area contributed by atoms with Crippen molar-refractivity contribution in [3.63, 3.8) is 0 Å². The lowest BCUT2D eigenvalue weighted by Gasteiger charge is -2.26. The van der Waals surface area contributed by atoms with E-state index in [1.54, 1.807) is 0 Å². The number of rotatable bonds is 15. The normalized spacial score (nSPS) is 13.6. The van der Waals surface area contributed by atoms with Gasteiger partial charge in [0.1, 0.15) is 5.60 Å². The van der Waals surface area contributed by atoms with Gasteiger partial charge in [0.25, 0.3) is 0 Å². The molecule has 4 nitrogen and oxygen atoms in total. The van der Waals surface area contributed by atoms with Crippen LogP contribution in [0.3, 0.4) is 0 Å². The molecule has 0 N–H and O–H groups in total. The molecule has 0 heterocycles. The van der Waals surface area contributed by atoms with Crippen LogP contribution in [-0.2, 0) is 31.9 Å². The summed E-state index contributed by atoms with van der Waals surface area (Å²) in [4.78, 5) is 26.3. The van der Waals surface area contributed by atoms with Crippen LogP contribution >= 0.6 is 0 Å². The highest BCUT2D eigenvalue weighted by atomic mass is 28.3. The molecule has 0 bridgehead atoms. The van der Waals surface area contributed by atoms with Crippen molar-refractivity contribution in [2.45, 2.75) is 104 Å². The van der Waals surface area contributed by atoms with E-state index in [1.807, 2.05) is 26.8 Å². The molecule has 0 aliphatic rings. The molecule has 0 amide bonds. The van der Waals surface area contributed by atoms with Crippen molar-refractivity contribution in [3.8, 4) is 0 Å². The van der Waals surface area contributed by atoms with Gasteiger partial charge >= 0.3 is 11.9 Å². The number of aryl methyl sites for hydroxylation is 1. The van der Waals surface area contributed by atoms with E-state index in [0.29, 0.717) is 19.4 Å². The lowest BCUT2D eigenvalue weighted by atomic mass is 9.86. The van der Waals surface area contributed by atoms with E-state index < -0.39 is 13.7 Å². The summed E-state index contributed by atoms with van der Waals surface area (Å²) in [6.07, 6.45) is 5.49. The minimum absolute atomic E-state index is 0.172. The van der Waals surface area contributed by atoms with Gasteiger partial charge in [-0.3, -0.25) is 9.59 Å². The van der Waals surface area contributed by atoms with E-state index in [4.69, 9.17) is 9.47 Å². The number of esters is 2. The van der Waals surface area contributed by atoms with E-state index in [1.165, 1.54) is 16.7 Å². The first-order valence-electron chi connectivity index (χ1n) is 14.4. The van der Waals surface area contributed by atoms with Crippen LogP contribution in [0, 0.1) is 11.8 Å². The number of benzene rings is 2. The molecule has 2 atom stereocenters. The maximum atomic E-state index is 13.3. The molecule has 2 aromatic carbocycles. The third-order valence-corrected chi connectivity index (χ3v) is 8.40. The van der Waals surface area contributed by atoms with Gasteiger partial charge in [0, 0.05) is 8.07 Å². The molecule has 210 valence electrons. The van der Waals surface area contributed by atoms with Crippen molar-refractivity contribution in [2.75, 3.05) is 6.61 Å². The van der Waals surface area contributed by atoms with Gasteiger partial charge in [0.15, 0.2) is 0 Å². The van der Waals surface area contributed by atoms with Crippen LogP contribution < -0.4 is 0 Å². The molecule has 2 rings (SSSR count). The lowest BCUT2D eigenvalue weighted by molar-refractivity contribution is -0.162. The van der Waals surface area contributed by atoms with E-state index in [2.05, 4.69) is 75.1 Å². The largest absolute Gasteiger partial charge is 0.466 e. The summed E-state index contributed by atoms with van der Waals surface area (Å²) >= 11 is 0. The predicted molar refractivity (Wildman–Crippen MR) is 160 cm³/mol. The maximum Gasteiger partial charge on any atom is 0.309 e. The monoisotopic (exact) mass is 538 g/mol. The molecule has 38 heavy (non-hydrogen) atoms.